The molecule has 0 radical (unpaired) electrons. The highest BCUT2D eigenvalue weighted by Gasteiger charge is 2.20. The van der Waals surface area contributed by atoms with Gasteiger partial charge < -0.3 is 9.26 Å². The molecule has 0 bridgehead atoms. The summed E-state index contributed by atoms with van der Waals surface area (Å²) in [5.41, 5.74) is 4.95. The van der Waals surface area contributed by atoms with Crippen LogP contribution < -0.4 is 4.74 Å². The van der Waals surface area contributed by atoms with Crippen LogP contribution in [0.1, 0.15) is 22.6 Å². The van der Waals surface area contributed by atoms with Crippen LogP contribution in [0.15, 0.2) is 47.0 Å². The SMILES string of the molecule is Cc1ccc(-c2noc(CN3CCN(Cc4ccc5c(c4)CCO5)CC3)n2)cc1. The van der Waals surface area contributed by atoms with Crippen molar-refractivity contribution in [1.29, 1.82) is 0 Å². The highest BCUT2D eigenvalue weighted by molar-refractivity contribution is 5.54. The second kappa shape index (κ2) is 7.97. The van der Waals surface area contributed by atoms with Gasteiger partial charge in [0, 0.05) is 44.7 Å². The molecule has 6 heteroatoms. The van der Waals surface area contributed by atoms with E-state index in [1.165, 1.54) is 16.7 Å². The van der Waals surface area contributed by atoms with E-state index < -0.39 is 0 Å². The highest BCUT2D eigenvalue weighted by atomic mass is 16.5. The van der Waals surface area contributed by atoms with Crippen LogP contribution in [0.5, 0.6) is 5.75 Å². The molecular weight excluding hydrogens is 364 g/mol. The predicted octanol–water partition coefficient (Wildman–Crippen LogP) is 3.30. The zero-order valence-corrected chi connectivity index (χ0v) is 16.8. The average Bonchev–Trinajstić information content (AvgIpc) is 3.39. The Bertz CT molecular complexity index is 975. The van der Waals surface area contributed by atoms with Crippen LogP contribution in [-0.2, 0) is 19.5 Å². The fourth-order valence-corrected chi connectivity index (χ4v) is 4.03. The normalized spacial score (nSPS) is 17.3. The Morgan fingerprint density at radius 3 is 2.48 bits per heavy atom. The third-order valence-corrected chi connectivity index (χ3v) is 5.76. The van der Waals surface area contributed by atoms with E-state index in [-0.39, 0.29) is 0 Å². The number of hydrogen-bond donors (Lipinski definition) is 0. The van der Waals surface area contributed by atoms with Crippen LogP contribution >= 0.6 is 0 Å². The lowest BCUT2D eigenvalue weighted by Crippen LogP contribution is -2.45. The Hall–Kier alpha value is -2.70. The lowest BCUT2D eigenvalue weighted by Gasteiger charge is -2.34. The summed E-state index contributed by atoms with van der Waals surface area (Å²) < 4.78 is 11.1. The van der Waals surface area contributed by atoms with Gasteiger partial charge in [0.05, 0.1) is 13.2 Å². The van der Waals surface area contributed by atoms with Crippen molar-refractivity contribution >= 4 is 0 Å². The summed E-state index contributed by atoms with van der Waals surface area (Å²) in [7, 11) is 0. The van der Waals surface area contributed by atoms with Crippen molar-refractivity contribution in [3.05, 3.63) is 65.0 Å². The molecule has 5 rings (SSSR count). The highest BCUT2D eigenvalue weighted by Crippen LogP contribution is 2.26. The van der Waals surface area contributed by atoms with E-state index in [1.807, 2.05) is 12.1 Å². The third kappa shape index (κ3) is 4.18. The largest absolute Gasteiger partial charge is 0.493 e. The van der Waals surface area contributed by atoms with E-state index in [9.17, 15) is 0 Å². The van der Waals surface area contributed by atoms with E-state index in [4.69, 9.17) is 9.26 Å². The molecular formula is C23H26N4O2. The van der Waals surface area contributed by atoms with Crippen molar-refractivity contribution in [2.75, 3.05) is 32.8 Å². The van der Waals surface area contributed by atoms with Crippen molar-refractivity contribution in [3.63, 3.8) is 0 Å². The molecule has 0 spiro atoms. The third-order valence-electron chi connectivity index (χ3n) is 5.76. The van der Waals surface area contributed by atoms with Crippen molar-refractivity contribution in [3.8, 4) is 17.1 Å². The first-order chi connectivity index (χ1) is 14.2. The topological polar surface area (TPSA) is 54.6 Å². The maximum atomic E-state index is 5.61. The Morgan fingerprint density at radius 2 is 1.69 bits per heavy atom. The Labute approximate surface area is 171 Å². The molecule has 1 aromatic heterocycles. The minimum Gasteiger partial charge on any atom is -0.493 e. The summed E-state index contributed by atoms with van der Waals surface area (Å²) in [6.07, 6.45) is 1.03. The number of ether oxygens (including phenoxy) is 1. The molecule has 0 aliphatic carbocycles. The minimum absolute atomic E-state index is 0.666. The van der Waals surface area contributed by atoms with Crippen LogP contribution in [0.3, 0.4) is 0 Å². The molecule has 3 heterocycles. The summed E-state index contributed by atoms with van der Waals surface area (Å²) in [6.45, 7) is 8.72. The quantitative estimate of drug-likeness (QED) is 0.666. The van der Waals surface area contributed by atoms with Crippen molar-refractivity contribution in [1.82, 2.24) is 19.9 Å². The molecule has 0 N–H and O–H groups in total. The van der Waals surface area contributed by atoms with Gasteiger partial charge in [-0.05, 0) is 24.1 Å². The number of nitrogens with zero attached hydrogens (tertiary/aromatic N) is 4. The minimum atomic E-state index is 0.666. The van der Waals surface area contributed by atoms with Gasteiger partial charge in [0.1, 0.15) is 5.75 Å². The van der Waals surface area contributed by atoms with Crippen molar-refractivity contribution < 1.29 is 9.26 Å². The van der Waals surface area contributed by atoms with Crippen LogP contribution in [0.2, 0.25) is 0 Å². The first-order valence-electron chi connectivity index (χ1n) is 10.3. The molecule has 29 heavy (non-hydrogen) atoms. The van der Waals surface area contributed by atoms with E-state index >= 15 is 0 Å². The summed E-state index contributed by atoms with van der Waals surface area (Å²) in [4.78, 5) is 9.48. The molecule has 0 atom stereocenters. The zero-order chi connectivity index (χ0) is 19.6. The molecule has 6 nitrogen and oxygen atoms in total. The van der Waals surface area contributed by atoms with Gasteiger partial charge in [0.25, 0.3) is 0 Å². The second-order valence-electron chi connectivity index (χ2n) is 7.97. The molecule has 2 aromatic carbocycles. The number of rotatable bonds is 5. The molecule has 2 aliphatic heterocycles. The second-order valence-corrected chi connectivity index (χ2v) is 7.97. The van der Waals surface area contributed by atoms with E-state index in [0.717, 1.165) is 57.1 Å². The first kappa shape index (κ1) is 18.3. The van der Waals surface area contributed by atoms with E-state index in [0.29, 0.717) is 18.3 Å². The number of piperazine rings is 1. The van der Waals surface area contributed by atoms with Gasteiger partial charge in [0.2, 0.25) is 11.7 Å². The smallest absolute Gasteiger partial charge is 0.241 e. The lowest BCUT2D eigenvalue weighted by atomic mass is 10.1. The van der Waals surface area contributed by atoms with Gasteiger partial charge >= 0.3 is 0 Å². The number of aryl methyl sites for hydroxylation is 1. The summed E-state index contributed by atoms with van der Waals surface area (Å²) in [5, 5.41) is 4.15. The number of benzene rings is 2. The molecule has 1 fully saturated rings. The standard InChI is InChI=1S/C23H26N4O2/c1-17-2-5-19(6-3-17)23-24-22(29-25-23)16-27-11-9-26(10-12-27)15-18-4-7-21-20(14-18)8-13-28-21/h2-7,14H,8-13,15-16H2,1H3. The van der Waals surface area contributed by atoms with E-state index in [2.05, 4.69) is 57.2 Å². The van der Waals surface area contributed by atoms with Gasteiger partial charge in [-0.1, -0.05) is 47.1 Å². The summed E-state index contributed by atoms with van der Waals surface area (Å²) in [6, 6.07) is 14.8. The van der Waals surface area contributed by atoms with Gasteiger partial charge in [0.15, 0.2) is 0 Å². The maximum absolute atomic E-state index is 5.61. The van der Waals surface area contributed by atoms with Gasteiger partial charge in [-0.15, -0.1) is 0 Å². The molecule has 150 valence electrons. The average molecular weight is 390 g/mol. The fraction of sp³-hybridized carbons (Fsp3) is 0.391. The van der Waals surface area contributed by atoms with Crippen LogP contribution in [0.4, 0.5) is 0 Å². The van der Waals surface area contributed by atoms with E-state index in [1.54, 1.807) is 0 Å². The van der Waals surface area contributed by atoms with Crippen molar-refractivity contribution in [2.45, 2.75) is 26.4 Å². The van der Waals surface area contributed by atoms with Gasteiger partial charge in [-0.2, -0.15) is 4.98 Å². The monoisotopic (exact) mass is 390 g/mol. The molecule has 0 amide bonds. The Kier molecular flexibility index (Phi) is 5.04. The van der Waals surface area contributed by atoms with Gasteiger partial charge in [-0.3, -0.25) is 9.80 Å². The van der Waals surface area contributed by atoms with Crippen LogP contribution in [0.25, 0.3) is 11.4 Å². The number of hydrogen-bond acceptors (Lipinski definition) is 6. The predicted molar refractivity (Wildman–Crippen MR) is 111 cm³/mol. The van der Waals surface area contributed by atoms with Crippen LogP contribution in [0, 0.1) is 6.92 Å². The fourth-order valence-electron chi connectivity index (χ4n) is 4.03. The lowest BCUT2D eigenvalue weighted by molar-refractivity contribution is 0.112. The number of aromatic nitrogens is 2. The van der Waals surface area contributed by atoms with Gasteiger partial charge in [-0.25, -0.2) is 0 Å². The Morgan fingerprint density at radius 1 is 0.931 bits per heavy atom. The van der Waals surface area contributed by atoms with Crippen molar-refractivity contribution in [2.24, 2.45) is 0 Å². The zero-order valence-electron chi connectivity index (χ0n) is 16.8. The number of fused-ring (bicyclic) bond motifs is 1. The molecule has 2 aliphatic rings. The molecule has 3 aromatic rings. The Balaban J connectivity index is 1.14. The van der Waals surface area contributed by atoms with Crippen LogP contribution in [-0.4, -0.2) is 52.7 Å². The molecule has 1 saturated heterocycles. The molecule has 0 saturated carbocycles. The maximum Gasteiger partial charge on any atom is 0.241 e. The first-order valence-corrected chi connectivity index (χ1v) is 10.3. The summed E-state index contributed by atoms with van der Waals surface area (Å²) >= 11 is 0. The molecule has 0 unspecified atom stereocenters. The summed E-state index contributed by atoms with van der Waals surface area (Å²) in [5.74, 6) is 2.41.